The predicted octanol–water partition coefficient (Wildman–Crippen LogP) is 3.95. The van der Waals surface area contributed by atoms with Gasteiger partial charge in [0, 0.05) is 24.2 Å². The molecular weight excluding hydrogens is 413 g/mol. The summed E-state index contributed by atoms with van der Waals surface area (Å²) in [5.41, 5.74) is 1.04. The second-order valence-corrected chi connectivity index (χ2v) is 9.00. The van der Waals surface area contributed by atoms with Crippen LogP contribution in [-0.4, -0.2) is 33.0 Å². The van der Waals surface area contributed by atoms with Gasteiger partial charge in [0.25, 0.3) is 0 Å². The second-order valence-electron chi connectivity index (χ2n) is 6.86. The van der Waals surface area contributed by atoms with Gasteiger partial charge in [-0.15, -0.1) is 0 Å². The van der Waals surface area contributed by atoms with Gasteiger partial charge < -0.3 is 0 Å². The van der Waals surface area contributed by atoms with Crippen molar-refractivity contribution >= 4 is 21.6 Å². The average Bonchev–Trinajstić information content (AvgIpc) is 2.66. The summed E-state index contributed by atoms with van der Waals surface area (Å²) in [6, 6.07) is 8.21. The average molecular weight is 433 g/mol. The van der Waals surface area contributed by atoms with Gasteiger partial charge in [-0.3, -0.25) is 4.90 Å². The van der Waals surface area contributed by atoms with E-state index in [1.165, 1.54) is 0 Å². The molecule has 1 saturated heterocycles. The number of sulfonamides is 1. The largest absolute Gasteiger partial charge is 0.299 e. The first-order chi connectivity index (χ1) is 13.3. The summed E-state index contributed by atoms with van der Waals surface area (Å²) in [4.78, 5) is 1.35. The molecular formula is C19H20ClF3N2O2S. The number of nitrogens with one attached hydrogen (secondary N) is 1. The van der Waals surface area contributed by atoms with E-state index in [4.69, 9.17) is 11.6 Å². The number of benzene rings is 2. The van der Waals surface area contributed by atoms with Crippen molar-refractivity contribution in [2.75, 3.05) is 19.6 Å². The first-order valence-electron chi connectivity index (χ1n) is 8.86. The number of piperidine rings is 1. The summed E-state index contributed by atoms with van der Waals surface area (Å²) in [6.07, 6.45) is 1.51. The SMILES string of the molecule is O=S(=O)(NCC1CCN(Cc2ccccc2Cl)CC1)c1cc(F)c(F)cc1F. The number of hydrogen-bond acceptors (Lipinski definition) is 3. The first-order valence-corrected chi connectivity index (χ1v) is 10.7. The van der Waals surface area contributed by atoms with Gasteiger partial charge in [-0.25, -0.2) is 26.3 Å². The predicted molar refractivity (Wildman–Crippen MR) is 101 cm³/mol. The Labute approximate surface area is 167 Å². The van der Waals surface area contributed by atoms with Gasteiger partial charge in [-0.1, -0.05) is 29.8 Å². The summed E-state index contributed by atoms with van der Waals surface area (Å²) < 4.78 is 66.8. The van der Waals surface area contributed by atoms with E-state index >= 15 is 0 Å². The third-order valence-corrected chi connectivity index (χ3v) is 6.69. The van der Waals surface area contributed by atoms with Crippen LogP contribution in [-0.2, 0) is 16.6 Å². The van der Waals surface area contributed by atoms with Crippen LogP contribution < -0.4 is 4.72 Å². The minimum Gasteiger partial charge on any atom is -0.299 e. The maximum absolute atomic E-state index is 13.7. The van der Waals surface area contributed by atoms with Crippen molar-refractivity contribution in [2.45, 2.75) is 24.3 Å². The van der Waals surface area contributed by atoms with Gasteiger partial charge in [-0.2, -0.15) is 0 Å². The van der Waals surface area contributed by atoms with Crippen LogP contribution in [0, 0.1) is 23.4 Å². The van der Waals surface area contributed by atoms with Crippen LogP contribution in [0.25, 0.3) is 0 Å². The minimum absolute atomic E-state index is 0.0747. The minimum atomic E-state index is -4.26. The molecule has 0 unspecified atom stereocenters. The van der Waals surface area contributed by atoms with Gasteiger partial charge in [0.05, 0.1) is 0 Å². The lowest BCUT2D eigenvalue weighted by Crippen LogP contribution is -2.38. The lowest BCUT2D eigenvalue weighted by Gasteiger charge is -2.32. The van der Waals surface area contributed by atoms with E-state index in [-0.39, 0.29) is 18.5 Å². The molecule has 4 nitrogen and oxygen atoms in total. The topological polar surface area (TPSA) is 49.4 Å². The summed E-state index contributed by atoms with van der Waals surface area (Å²) >= 11 is 6.18. The molecule has 9 heteroatoms. The van der Waals surface area contributed by atoms with Crippen LogP contribution >= 0.6 is 11.6 Å². The molecule has 0 spiro atoms. The molecule has 1 aliphatic rings. The Hall–Kier alpha value is -1.61. The first kappa shape index (κ1) is 21.1. The summed E-state index contributed by atoms with van der Waals surface area (Å²) in [5, 5.41) is 0.714. The van der Waals surface area contributed by atoms with Crippen LogP contribution in [0.1, 0.15) is 18.4 Å². The van der Waals surface area contributed by atoms with Crippen LogP contribution in [0.15, 0.2) is 41.3 Å². The molecule has 2 aromatic rings. The van der Waals surface area contributed by atoms with Gasteiger partial charge in [0.1, 0.15) is 10.7 Å². The Balaban J connectivity index is 1.54. The molecule has 152 valence electrons. The smallest absolute Gasteiger partial charge is 0.243 e. The molecule has 1 fully saturated rings. The zero-order valence-corrected chi connectivity index (χ0v) is 16.5. The Bertz CT molecular complexity index is 948. The van der Waals surface area contributed by atoms with E-state index < -0.39 is 32.4 Å². The molecule has 0 radical (unpaired) electrons. The van der Waals surface area contributed by atoms with E-state index in [2.05, 4.69) is 9.62 Å². The number of rotatable bonds is 6. The van der Waals surface area contributed by atoms with Crippen molar-refractivity contribution in [1.29, 1.82) is 0 Å². The quantitative estimate of drug-likeness (QED) is 0.703. The van der Waals surface area contributed by atoms with E-state index in [0.717, 1.165) is 38.0 Å². The fraction of sp³-hybridized carbons (Fsp3) is 0.368. The van der Waals surface area contributed by atoms with Crippen LogP contribution in [0.3, 0.4) is 0 Å². The molecule has 0 aliphatic carbocycles. The third-order valence-electron chi connectivity index (χ3n) is 4.89. The molecule has 1 N–H and O–H groups in total. The molecule has 0 bridgehead atoms. The maximum Gasteiger partial charge on any atom is 0.243 e. The van der Waals surface area contributed by atoms with Crippen LogP contribution in [0.2, 0.25) is 5.02 Å². The van der Waals surface area contributed by atoms with E-state index in [0.29, 0.717) is 11.1 Å². The molecule has 0 amide bonds. The monoisotopic (exact) mass is 432 g/mol. The Kier molecular flexibility index (Phi) is 6.65. The van der Waals surface area contributed by atoms with Crippen molar-refractivity contribution in [1.82, 2.24) is 9.62 Å². The lowest BCUT2D eigenvalue weighted by molar-refractivity contribution is 0.178. The van der Waals surface area contributed by atoms with Crippen molar-refractivity contribution in [3.05, 3.63) is 64.4 Å². The molecule has 1 aliphatic heterocycles. The number of nitrogens with zero attached hydrogens (tertiary/aromatic N) is 1. The van der Waals surface area contributed by atoms with Gasteiger partial charge in [-0.05, 0) is 49.5 Å². The zero-order valence-electron chi connectivity index (χ0n) is 15.0. The molecule has 2 aromatic carbocycles. The fourth-order valence-corrected chi connectivity index (χ4v) is 4.61. The van der Waals surface area contributed by atoms with E-state index in [1.54, 1.807) is 0 Å². The van der Waals surface area contributed by atoms with Crippen molar-refractivity contribution in [2.24, 2.45) is 5.92 Å². The molecule has 0 saturated carbocycles. The molecule has 28 heavy (non-hydrogen) atoms. The molecule has 3 rings (SSSR count). The number of halogens is 4. The standard InChI is InChI=1S/C19H20ClF3N2O2S/c20-15-4-2-1-3-14(15)12-25-7-5-13(6-8-25)11-24-28(26,27)19-10-17(22)16(21)9-18(19)23/h1-4,9-10,13,24H,5-8,11-12H2. The Morgan fingerprint density at radius 3 is 2.36 bits per heavy atom. The van der Waals surface area contributed by atoms with Crippen molar-refractivity contribution < 1.29 is 21.6 Å². The van der Waals surface area contributed by atoms with Crippen LogP contribution in [0.5, 0.6) is 0 Å². The van der Waals surface area contributed by atoms with E-state index in [1.807, 2.05) is 24.3 Å². The second kappa shape index (κ2) is 8.82. The maximum atomic E-state index is 13.7. The summed E-state index contributed by atoms with van der Waals surface area (Å²) in [7, 11) is -4.26. The summed E-state index contributed by atoms with van der Waals surface area (Å²) in [5.74, 6) is -4.08. The van der Waals surface area contributed by atoms with E-state index in [9.17, 15) is 21.6 Å². The molecule has 1 heterocycles. The third kappa shape index (κ3) is 5.05. The molecule has 0 aromatic heterocycles. The van der Waals surface area contributed by atoms with Crippen molar-refractivity contribution in [3.63, 3.8) is 0 Å². The highest BCUT2D eigenvalue weighted by molar-refractivity contribution is 7.89. The van der Waals surface area contributed by atoms with Gasteiger partial charge in [0.2, 0.25) is 10.0 Å². The number of hydrogen-bond donors (Lipinski definition) is 1. The fourth-order valence-electron chi connectivity index (χ4n) is 3.23. The normalized spacial score (nSPS) is 16.4. The molecule has 0 atom stereocenters. The lowest BCUT2D eigenvalue weighted by atomic mass is 9.97. The highest BCUT2D eigenvalue weighted by atomic mass is 35.5. The highest BCUT2D eigenvalue weighted by Gasteiger charge is 2.25. The zero-order chi connectivity index (χ0) is 20.3. The van der Waals surface area contributed by atoms with Crippen molar-refractivity contribution in [3.8, 4) is 0 Å². The number of likely N-dealkylation sites (tertiary alicyclic amines) is 1. The summed E-state index contributed by atoms with van der Waals surface area (Å²) in [6.45, 7) is 2.38. The highest BCUT2D eigenvalue weighted by Crippen LogP contribution is 2.23. The Morgan fingerprint density at radius 2 is 1.68 bits per heavy atom. The van der Waals surface area contributed by atoms with Crippen LogP contribution in [0.4, 0.5) is 13.2 Å². The Morgan fingerprint density at radius 1 is 1.04 bits per heavy atom. The van der Waals surface area contributed by atoms with Gasteiger partial charge in [0.15, 0.2) is 11.6 Å². The van der Waals surface area contributed by atoms with Gasteiger partial charge >= 0.3 is 0 Å².